The van der Waals surface area contributed by atoms with E-state index in [9.17, 15) is 5.11 Å². The van der Waals surface area contributed by atoms with Crippen LogP contribution in [0, 0.1) is 5.92 Å². The molecule has 2 heteroatoms. The smallest absolute Gasteiger partial charge is 0.0837 e. The second-order valence-electron chi connectivity index (χ2n) is 3.77. The summed E-state index contributed by atoms with van der Waals surface area (Å²) < 4.78 is 5.10. The minimum atomic E-state index is -0.499. The second-order valence-corrected chi connectivity index (χ2v) is 3.77. The fourth-order valence-corrected chi connectivity index (χ4v) is 1.37. The van der Waals surface area contributed by atoms with Crippen LogP contribution in [0.4, 0.5) is 0 Å². The van der Waals surface area contributed by atoms with Gasteiger partial charge in [-0.2, -0.15) is 0 Å². The predicted molar refractivity (Wildman–Crippen MR) is 44.4 cm³/mol. The Labute approximate surface area is 68.6 Å². The lowest BCUT2D eigenvalue weighted by Crippen LogP contribution is -2.35. The maximum Gasteiger partial charge on any atom is 0.0837 e. The summed E-state index contributed by atoms with van der Waals surface area (Å²) in [7, 11) is 0. The van der Waals surface area contributed by atoms with Crippen LogP contribution in [0.5, 0.6) is 0 Å². The molecule has 2 nitrogen and oxygen atoms in total. The average molecular weight is 158 g/mol. The van der Waals surface area contributed by atoms with Crippen LogP contribution < -0.4 is 0 Å². The summed E-state index contributed by atoms with van der Waals surface area (Å²) in [5.41, 5.74) is -0.499. The van der Waals surface area contributed by atoms with Gasteiger partial charge in [-0.25, -0.2) is 0 Å². The number of rotatable bonds is 4. The number of aliphatic hydroxyl groups is 1. The predicted octanol–water partition coefficient (Wildman–Crippen LogP) is 1.57. The van der Waals surface area contributed by atoms with Crippen LogP contribution in [0.1, 0.15) is 33.6 Å². The Kier molecular flexibility index (Phi) is 2.55. The Balaban J connectivity index is 2.42. The molecule has 0 aliphatic carbocycles. The molecular weight excluding hydrogens is 140 g/mol. The van der Waals surface area contributed by atoms with E-state index in [2.05, 4.69) is 13.8 Å². The van der Waals surface area contributed by atoms with Crippen molar-refractivity contribution in [3.63, 3.8) is 0 Å². The van der Waals surface area contributed by atoms with Crippen molar-refractivity contribution < 1.29 is 9.84 Å². The third-order valence-electron chi connectivity index (χ3n) is 2.67. The molecule has 0 spiro atoms. The minimum absolute atomic E-state index is 0.330. The largest absolute Gasteiger partial charge is 0.390 e. The molecule has 0 unspecified atom stereocenters. The van der Waals surface area contributed by atoms with E-state index in [0.717, 1.165) is 19.4 Å². The number of hydrogen-bond donors (Lipinski definition) is 1. The van der Waals surface area contributed by atoms with Crippen molar-refractivity contribution in [2.24, 2.45) is 5.92 Å². The summed E-state index contributed by atoms with van der Waals surface area (Å²) in [4.78, 5) is 0. The van der Waals surface area contributed by atoms with Crippen LogP contribution in [-0.2, 0) is 4.74 Å². The highest BCUT2D eigenvalue weighted by atomic mass is 16.6. The summed E-state index contributed by atoms with van der Waals surface area (Å²) in [6.45, 7) is 7.00. The fraction of sp³-hybridized carbons (Fsp3) is 1.00. The zero-order valence-electron chi connectivity index (χ0n) is 7.63. The van der Waals surface area contributed by atoms with Crippen LogP contribution in [0.3, 0.4) is 0 Å². The molecule has 2 atom stereocenters. The van der Waals surface area contributed by atoms with E-state index in [1.807, 2.05) is 6.92 Å². The van der Waals surface area contributed by atoms with Crippen LogP contribution in [0.2, 0.25) is 0 Å². The van der Waals surface area contributed by atoms with Crippen molar-refractivity contribution in [2.45, 2.75) is 45.3 Å². The average Bonchev–Trinajstić information content (AvgIpc) is 2.71. The molecule has 1 aliphatic heterocycles. The van der Waals surface area contributed by atoms with Gasteiger partial charge in [-0.05, 0) is 12.3 Å². The van der Waals surface area contributed by atoms with E-state index in [1.54, 1.807) is 0 Å². The minimum Gasteiger partial charge on any atom is -0.390 e. The Morgan fingerprint density at radius 1 is 1.64 bits per heavy atom. The molecule has 0 aromatic heterocycles. The topological polar surface area (TPSA) is 32.8 Å². The Hall–Kier alpha value is -0.0800. The van der Waals surface area contributed by atoms with E-state index in [0.29, 0.717) is 12.0 Å². The van der Waals surface area contributed by atoms with Gasteiger partial charge in [0.15, 0.2) is 0 Å². The van der Waals surface area contributed by atoms with Gasteiger partial charge in [0.2, 0.25) is 0 Å². The summed E-state index contributed by atoms with van der Waals surface area (Å²) in [5, 5.41) is 10.0. The van der Waals surface area contributed by atoms with E-state index >= 15 is 0 Å². The summed E-state index contributed by atoms with van der Waals surface area (Å²) in [6.07, 6.45) is 1.97. The lowest BCUT2D eigenvalue weighted by Gasteiger charge is -2.30. The van der Waals surface area contributed by atoms with Crippen molar-refractivity contribution in [3.05, 3.63) is 0 Å². The van der Waals surface area contributed by atoms with Crippen molar-refractivity contribution in [2.75, 3.05) is 6.61 Å². The maximum absolute atomic E-state index is 10.0. The fourth-order valence-electron chi connectivity index (χ4n) is 1.37. The van der Waals surface area contributed by atoms with Gasteiger partial charge in [-0.15, -0.1) is 0 Å². The Bertz CT molecular complexity index is 130. The first-order valence-electron chi connectivity index (χ1n) is 4.42. The molecule has 0 aromatic carbocycles. The van der Waals surface area contributed by atoms with Gasteiger partial charge in [-0.3, -0.25) is 0 Å². The van der Waals surface area contributed by atoms with Gasteiger partial charge in [-0.1, -0.05) is 20.8 Å². The van der Waals surface area contributed by atoms with Crippen LogP contribution in [0.15, 0.2) is 0 Å². The second kappa shape index (κ2) is 3.11. The molecule has 1 aliphatic rings. The quantitative estimate of drug-likeness (QED) is 0.630. The van der Waals surface area contributed by atoms with Crippen molar-refractivity contribution >= 4 is 0 Å². The Morgan fingerprint density at radius 2 is 2.18 bits per heavy atom. The molecule has 0 bridgehead atoms. The van der Waals surface area contributed by atoms with Crippen LogP contribution in [0.25, 0.3) is 0 Å². The van der Waals surface area contributed by atoms with Gasteiger partial charge in [0, 0.05) is 6.42 Å². The van der Waals surface area contributed by atoms with Gasteiger partial charge in [0.1, 0.15) is 0 Å². The van der Waals surface area contributed by atoms with Gasteiger partial charge >= 0.3 is 0 Å². The zero-order valence-corrected chi connectivity index (χ0v) is 7.63. The number of ether oxygens (including phenoxy) is 1. The number of hydrogen-bond acceptors (Lipinski definition) is 2. The lowest BCUT2D eigenvalue weighted by molar-refractivity contribution is -0.0221. The molecular formula is C9H18O2. The van der Waals surface area contributed by atoms with Crippen LogP contribution >= 0.6 is 0 Å². The molecule has 1 rings (SSSR count). The molecule has 0 amide bonds. The van der Waals surface area contributed by atoms with Crippen molar-refractivity contribution in [3.8, 4) is 0 Å². The standard InChI is InChI=1S/C9H18O2/c1-4-9(10,7(2)3)5-8-6-11-8/h7-8,10H,4-6H2,1-3H3/t8-,9-/m1/s1. The molecule has 66 valence electrons. The molecule has 1 N–H and O–H groups in total. The van der Waals surface area contributed by atoms with Gasteiger partial charge in [0.05, 0.1) is 18.3 Å². The molecule has 1 heterocycles. The summed E-state index contributed by atoms with van der Waals surface area (Å²) in [6, 6.07) is 0. The zero-order chi connectivity index (χ0) is 8.48. The first-order valence-corrected chi connectivity index (χ1v) is 4.42. The highest BCUT2D eigenvalue weighted by Crippen LogP contribution is 2.31. The maximum atomic E-state index is 10.0. The van der Waals surface area contributed by atoms with Gasteiger partial charge < -0.3 is 9.84 Å². The van der Waals surface area contributed by atoms with E-state index in [1.165, 1.54) is 0 Å². The molecule has 1 saturated heterocycles. The van der Waals surface area contributed by atoms with Crippen molar-refractivity contribution in [1.82, 2.24) is 0 Å². The highest BCUT2D eigenvalue weighted by molar-refractivity contribution is 4.87. The summed E-state index contributed by atoms with van der Waals surface area (Å²) in [5.74, 6) is 0.330. The molecule has 0 aromatic rings. The van der Waals surface area contributed by atoms with E-state index in [4.69, 9.17) is 4.74 Å². The molecule has 11 heavy (non-hydrogen) atoms. The SMILES string of the molecule is CC[C@@](O)(C[C@@H]1CO1)C(C)C. The lowest BCUT2D eigenvalue weighted by atomic mass is 9.84. The third kappa shape index (κ3) is 2.17. The third-order valence-corrected chi connectivity index (χ3v) is 2.67. The normalized spacial score (nSPS) is 28.6. The first kappa shape index (κ1) is 9.01. The van der Waals surface area contributed by atoms with Crippen LogP contribution in [-0.4, -0.2) is 23.4 Å². The van der Waals surface area contributed by atoms with E-state index < -0.39 is 5.60 Å². The molecule has 1 fully saturated rings. The van der Waals surface area contributed by atoms with Crippen molar-refractivity contribution in [1.29, 1.82) is 0 Å². The first-order chi connectivity index (χ1) is 5.08. The monoisotopic (exact) mass is 158 g/mol. The molecule has 0 saturated carbocycles. The van der Waals surface area contributed by atoms with Gasteiger partial charge in [0.25, 0.3) is 0 Å². The molecule has 0 radical (unpaired) electrons. The Morgan fingerprint density at radius 3 is 2.45 bits per heavy atom. The summed E-state index contributed by atoms with van der Waals surface area (Å²) >= 11 is 0. The highest BCUT2D eigenvalue weighted by Gasteiger charge is 2.37. The van der Waals surface area contributed by atoms with E-state index in [-0.39, 0.29) is 0 Å². The number of epoxide rings is 1.